The first-order valence-corrected chi connectivity index (χ1v) is 8.53. The molecule has 0 radical (unpaired) electrons. The number of amides is 2. The second-order valence-corrected chi connectivity index (χ2v) is 6.14. The highest BCUT2D eigenvalue weighted by atomic mass is 16.5. The first-order valence-electron chi connectivity index (χ1n) is 8.53. The van der Waals surface area contributed by atoms with Crippen LogP contribution in [0.2, 0.25) is 0 Å². The molecule has 0 saturated heterocycles. The van der Waals surface area contributed by atoms with Gasteiger partial charge in [-0.05, 0) is 37.1 Å². The fraction of sp³-hybridized carbons (Fsp3) is 0.200. The Morgan fingerprint density at radius 1 is 1.07 bits per heavy atom. The van der Waals surface area contributed by atoms with Crippen LogP contribution < -0.4 is 20.6 Å². The first kappa shape index (κ1) is 20.6. The maximum Gasteiger partial charge on any atom is 0.329 e. The monoisotopic (exact) mass is 382 g/mol. The molecule has 2 N–H and O–H groups in total. The van der Waals surface area contributed by atoms with Gasteiger partial charge in [0.2, 0.25) is 0 Å². The Labute approximate surface area is 162 Å². The van der Waals surface area contributed by atoms with E-state index in [4.69, 9.17) is 4.74 Å². The molecule has 0 atom stereocenters. The van der Waals surface area contributed by atoms with Gasteiger partial charge < -0.3 is 20.0 Å². The SMILES string of the molecule is CC(C)NC(=O)C(=O)N/N=C\c1ccccc1OCc1ccc(C(=O)[O-])cc1. The summed E-state index contributed by atoms with van der Waals surface area (Å²) in [7, 11) is 0. The molecule has 8 heteroatoms. The molecule has 2 rings (SSSR count). The molecule has 146 valence electrons. The maximum atomic E-state index is 11.6. The molecular weight excluding hydrogens is 362 g/mol. The number of nitrogens with zero attached hydrogens (tertiary/aromatic N) is 1. The largest absolute Gasteiger partial charge is 0.545 e. The summed E-state index contributed by atoms with van der Waals surface area (Å²) in [5.74, 6) is -2.36. The maximum absolute atomic E-state index is 11.6. The summed E-state index contributed by atoms with van der Waals surface area (Å²) in [6.07, 6.45) is 1.37. The molecule has 0 bridgehead atoms. The fourth-order valence-electron chi connectivity index (χ4n) is 2.16. The van der Waals surface area contributed by atoms with Crippen molar-refractivity contribution in [1.29, 1.82) is 0 Å². The van der Waals surface area contributed by atoms with Gasteiger partial charge in [-0.15, -0.1) is 0 Å². The molecule has 0 aliphatic heterocycles. The number of para-hydroxylation sites is 1. The van der Waals surface area contributed by atoms with Crippen LogP contribution in [0.15, 0.2) is 53.6 Å². The lowest BCUT2D eigenvalue weighted by molar-refractivity contribution is -0.255. The van der Waals surface area contributed by atoms with Crippen LogP contribution >= 0.6 is 0 Å². The van der Waals surface area contributed by atoms with Crippen molar-refractivity contribution >= 4 is 24.0 Å². The van der Waals surface area contributed by atoms with Gasteiger partial charge in [0.1, 0.15) is 12.4 Å². The highest BCUT2D eigenvalue weighted by Crippen LogP contribution is 2.17. The Hall–Kier alpha value is -3.68. The molecule has 2 aromatic rings. The van der Waals surface area contributed by atoms with E-state index in [0.29, 0.717) is 11.3 Å². The van der Waals surface area contributed by atoms with Gasteiger partial charge in [0.25, 0.3) is 0 Å². The number of hydrogen-bond donors (Lipinski definition) is 2. The fourth-order valence-corrected chi connectivity index (χ4v) is 2.16. The molecular formula is C20H20N3O5-. The number of carbonyl (C=O) groups is 3. The molecule has 2 amide bonds. The number of aromatic carboxylic acids is 1. The molecule has 0 saturated carbocycles. The highest BCUT2D eigenvalue weighted by Gasteiger charge is 2.13. The number of hydrogen-bond acceptors (Lipinski definition) is 6. The van der Waals surface area contributed by atoms with Gasteiger partial charge in [0, 0.05) is 11.6 Å². The lowest BCUT2D eigenvalue weighted by atomic mass is 10.1. The van der Waals surface area contributed by atoms with E-state index < -0.39 is 17.8 Å². The third-order valence-corrected chi connectivity index (χ3v) is 3.50. The Bertz CT molecular complexity index is 876. The summed E-state index contributed by atoms with van der Waals surface area (Å²) in [6, 6.07) is 13.0. The van der Waals surface area contributed by atoms with Gasteiger partial charge in [-0.2, -0.15) is 5.10 Å². The minimum absolute atomic E-state index is 0.0912. The normalized spacial score (nSPS) is 10.7. The van der Waals surface area contributed by atoms with Crippen LogP contribution in [0.5, 0.6) is 5.75 Å². The number of rotatable bonds is 7. The van der Waals surface area contributed by atoms with Gasteiger partial charge >= 0.3 is 11.8 Å². The summed E-state index contributed by atoms with van der Waals surface area (Å²) in [5, 5.41) is 17.0. The van der Waals surface area contributed by atoms with Crippen LogP contribution in [-0.2, 0) is 16.2 Å². The number of carboxylic acid groups (broad SMARTS) is 1. The van der Waals surface area contributed by atoms with Crippen molar-refractivity contribution in [3.8, 4) is 5.75 Å². The van der Waals surface area contributed by atoms with Crippen molar-refractivity contribution in [3.63, 3.8) is 0 Å². The third-order valence-electron chi connectivity index (χ3n) is 3.50. The summed E-state index contributed by atoms with van der Waals surface area (Å²) < 4.78 is 5.73. The third kappa shape index (κ3) is 6.24. The molecule has 0 unspecified atom stereocenters. The predicted molar refractivity (Wildman–Crippen MR) is 101 cm³/mol. The van der Waals surface area contributed by atoms with E-state index in [0.717, 1.165) is 5.56 Å². The molecule has 8 nitrogen and oxygen atoms in total. The average Bonchev–Trinajstić information content (AvgIpc) is 2.66. The van der Waals surface area contributed by atoms with Crippen molar-refractivity contribution < 1.29 is 24.2 Å². The summed E-state index contributed by atoms with van der Waals surface area (Å²) >= 11 is 0. The smallest absolute Gasteiger partial charge is 0.329 e. The van der Waals surface area contributed by atoms with E-state index >= 15 is 0 Å². The summed E-state index contributed by atoms with van der Waals surface area (Å²) in [4.78, 5) is 33.9. The zero-order valence-electron chi connectivity index (χ0n) is 15.5. The molecule has 0 heterocycles. The zero-order chi connectivity index (χ0) is 20.5. The van der Waals surface area contributed by atoms with Gasteiger partial charge in [0.05, 0.1) is 12.2 Å². The zero-order valence-corrected chi connectivity index (χ0v) is 15.5. The van der Waals surface area contributed by atoms with E-state index in [2.05, 4.69) is 15.8 Å². The van der Waals surface area contributed by atoms with Gasteiger partial charge in [-0.1, -0.05) is 36.4 Å². The topological polar surface area (TPSA) is 120 Å². The molecule has 28 heavy (non-hydrogen) atoms. The van der Waals surface area contributed by atoms with Crippen molar-refractivity contribution in [2.24, 2.45) is 5.10 Å². The predicted octanol–water partition coefficient (Wildman–Crippen LogP) is 0.604. The van der Waals surface area contributed by atoms with Crippen molar-refractivity contribution in [2.45, 2.75) is 26.5 Å². The van der Waals surface area contributed by atoms with Crippen LogP contribution in [0, 0.1) is 0 Å². The van der Waals surface area contributed by atoms with E-state index in [1.165, 1.54) is 18.3 Å². The van der Waals surface area contributed by atoms with Crippen LogP contribution in [0.3, 0.4) is 0 Å². The van der Waals surface area contributed by atoms with Crippen LogP contribution in [0.4, 0.5) is 0 Å². The first-order chi connectivity index (χ1) is 13.4. The number of benzene rings is 2. The van der Waals surface area contributed by atoms with Crippen LogP contribution in [-0.4, -0.2) is 30.0 Å². The lowest BCUT2D eigenvalue weighted by Crippen LogP contribution is -2.41. The van der Waals surface area contributed by atoms with E-state index in [-0.39, 0.29) is 18.2 Å². The standard InChI is InChI=1S/C20H21N3O5/c1-13(2)22-18(24)19(25)23-21-11-16-5-3-4-6-17(16)28-12-14-7-9-15(10-8-14)20(26)27/h3-11,13H,12H2,1-2H3,(H,22,24)(H,23,25)(H,26,27)/p-1/b21-11-. The van der Waals surface area contributed by atoms with E-state index in [1.807, 2.05) is 0 Å². The van der Waals surface area contributed by atoms with Gasteiger partial charge in [-0.3, -0.25) is 9.59 Å². The molecule has 2 aromatic carbocycles. The number of carboxylic acids is 1. The number of carbonyl (C=O) groups excluding carboxylic acids is 3. The van der Waals surface area contributed by atoms with Gasteiger partial charge in [0.15, 0.2) is 0 Å². The minimum Gasteiger partial charge on any atom is -0.545 e. The lowest BCUT2D eigenvalue weighted by Gasteiger charge is -2.10. The number of nitrogens with one attached hydrogen (secondary N) is 2. The van der Waals surface area contributed by atoms with Crippen LogP contribution in [0.25, 0.3) is 0 Å². The van der Waals surface area contributed by atoms with E-state index in [1.54, 1.807) is 50.2 Å². The minimum atomic E-state index is -1.24. The summed E-state index contributed by atoms with van der Waals surface area (Å²) in [5.41, 5.74) is 3.62. The number of hydrazone groups is 1. The highest BCUT2D eigenvalue weighted by molar-refractivity contribution is 6.35. The van der Waals surface area contributed by atoms with Crippen molar-refractivity contribution in [2.75, 3.05) is 0 Å². The Kier molecular flexibility index (Phi) is 7.27. The Morgan fingerprint density at radius 2 is 1.75 bits per heavy atom. The van der Waals surface area contributed by atoms with Crippen molar-refractivity contribution in [3.05, 3.63) is 65.2 Å². The second-order valence-electron chi connectivity index (χ2n) is 6.14. The van der Waals surface area contributed by atoms with Gasteiger partial charge in [-0.25, -0.2) is 5.43 Å². The second kappa shape index (κ2) is 9.86. The molecule has 0 spiro atoms. The summed E-state index contributed by atoms with van der Waals surface area (Å²) in [6.45, 7) is 3.70. The molecule has 0 aliphatic rings. The molecule has 0 fully saturated rings. The quantitative estimate of drug-likeness (QED) is 0.413. The molecule has 0 aliphatic carbocycles. The van der Waals surface area contributed by atoms with Crippen LogP contribution in [0.1, 0.15) is 35.3 Å². The van der Waals surface area contributed by atoms with E-state index in [9.17, 15) is 19.5 Å². The number of ether oxygens (including phenoxy) is 1. The Morgan fingerprint density at radius 3 is 2.39 bits per heavy atom. The average molecular weight is 382 g/mol. The Balaban J connectivity index is 1.97. The van der Waals surface area contributed by atoms with Crippen molar-refractivity contribution in [1.82, 2.24) is 10.7 Å². The molecule has 0 aromatic heterocycles.